The van der Waals surface area contributed by atoms with E-state index in [1.54, 1.807) is 11.1 Å². The van der Waals surface area contributed by atoms with Crippen molar-refractivity contribution in [2.45, 2.75) is 71.8 Å². The van der Waals surface area contributed by atoms with Gasteiger partial charge in [0.1, 0.15) is 0 Å². The van der Waals surface area contributed by atoms with Crippen LogP contribution in [-0.4, -0.2) is 5.54 Å². The molecule has 0 aromatic rings. The van der Waals surface area contributed by atoms with Crippen LogP contribution in [0.5, 0.6) is 0 Å². The molecule has 0 amide bonds. The third-order valence-corrected chi connectivity index (χ3v) is 6.63. The van der Waals surface area contributed by atoms with Gasteiger partial charge in [0.2, 0.25) is 0 Å². The molecule has 0 aromatic carbocycles. The van der Waals surface area contributed by atoms with Gasteiger partial charge in [0.25, 0.3) is 0 Å². The summed E-state index contributed by atoms with van der Waals surface area (Å²) >= 11 is 0. The van der Waals surface area contributed by atoms with Gasteiger partial charge in [-0.2, -0.15) is 0 Å². The highest BCUT2D eigenvalue weighted by Crippen LogP contribution is 2.58. The van der Waals surface area contributed by atoms with Gasteiger partial charge >= 0.3 is 0 Å². The summed E-state index contributed by atoms with van der Waals surface area (Å²) in [5.41, 5.74) is 10.4. The Hall–Kier alpha value is -0.560. The molecule has 0 aliphatic heterocycles. The van der Waals surface area contributed by atoms with Crippen LogP contribution in [0.2, 0.25) is 0 Å². The van der Waals surface area contributed by atoms with E-state index in [9.17, 15) is 0 Å². The molecule has 4 atom stereocenters. The lowest BCUT2D eigenvalue weighted by Crippen LogP contribution is -2.57. The number of fused-ring (bicyclic) bond motifs is 3. The van der Waals surface area contributed by atoms with Crippen molar-refractivity contribution in [2.75, 3.05) is 0 Å². The minimum atomic E-state index is 0.0388. The van der Waals surface area contributed by atoms with Crippen molar-refractivity contribution in [3.8, 4) is 0 Å². The fourth-order valence-electron chi connectivity index (χ4n) is 5.39. The molecule has 0 aromatic heterocycles. The average Bonchev–Trinajstić information content (AvgIpc) is 2.37. The first-order valence-corrected chi connectivity index (χ1v) is 8.54. The Morgan fingerprint density at radius 2 is 2.00 bits per heavy atom. The van der Waals surface area contributed by atoms with Crippen LogP contribution < -0.4 is 5.73 Å². The van der Waals surface area contributed by atoms with Crippen LogP contribution in [0, 0.1) is 23.2 Å². The van der Waals surface area contributed by atoms with E-state index < -0.39 is 0 Å². The van der Waals surface area contributed by atoms with Crippen LogP contribution >= 0.6 is 0 Å². The predicted octanol–water partition coefficient (Wildman–Crippen LogP) is 4.83. The maximum atomic E-state index is 6.67. The lowest BCUT2D eigenvalue weighted by atomic mass is 9.49. The Balaban J connectivity index is 1.97. The standard InChI is InChI=1S/C19H31N/c1-13(2)14-6-8-16-15(12-14)7-9-17-18(16,3)10-5-11-19(17,4)20/h7,12-13,16-17H,5-6,8-11,20H2,1-4H3. The van der Waals surface area contributed by atoms with Crippen molar-refractivity contribution in [3.63, 3.8) is 0 Å². The Labute approximate surface area is 124 Å². The topological polar surface area (TPSA) is 26.0 Å². The fraction of sp³-hybridized carbons (Fsp3) is 0.789. The lowest BCUT2D eigenvalue weighted by molar-refractivity contribution is -0.00437. The minimum absolute atomic E-state index is 0.0388. The third kappa shape index (κ3) is 2.09. The van der Waals surface area contributed by atoms with Crippen molar-refractivity contribution < 1.29 is 0 Å². The smallest absolute Gasteiger partial charge is 0.0162 e. The van der Waals surface area contributed by atoms with Crippen LogP contribution in [0.25, 0.3) is 0 Å². The Kier molecular flexibility index (Phi) is 3.40. The average molecular weight is 273 g/mol. The van der Waals surface area contributed by atoms with Gasteiger partial charge in [-0.15, -0.1) is 0 Å². The van der Waals surface area contributed by atoms with Crippen LogP contribution in [-0.2, 0) is 0 Å². The Bertz CT molecular complexity index is 454. The minimum Gasteiger partial charge on any atom is -0.325 e. The number of rotatable bonds is 1. The first-order valence-electron chi connectivity index (χ1n) is 8.54. The molecular formula is C19H31N. The summed E-state index contributed by atoms with van der Waals surface area (Å²) in [5, 5.41) is 0. The summed E-state index contributed by atoms with van der Waals surface area (Å²) in [4.78, 5) is 0. The highest BCUT2D eigenvalue weighted by atomic mass is 14.8. The molecule has 0 saturated heterocycles. The first kappa shape index (κ1) is 14.4. The van der Waals surface area contributed by atoms with Gasteiger partial charge in [0.05, 0.1) is 0 Å². The molecule has 0 bridgehead atoms. The summed E-state index contributed by atoms with van der Waals surface area (Å²) in [6.45, 7) is 9.50. The summed E-state index contributed by atoms with van der Waals surface area (Å²) in [7, 11) is 0. The first-order chi connectivity index (χ1) is 9.34. The number of hydrogen-bond acceptors (Lipinski definition) is 1. The molecule has 3 rings (SSSR count). The molecule has 112 valence electrons. The molecule has 0 spiro atoms. The summed E-state index contributed by atoms with van der Waals surface area (Å²) in [5.74, 6) is 2.13. The Morgan fingerprint density at radius 3 is 2.70 bits per heavy atom. The van der Waals surface area contributed by atoms with Gasteiger partial charge in [-0.3, -0.25) is 0 Å². The van der Waals surface area contributed by atoms with Crippen molar-refractivity contribution in [2.24, 2.45) is 28.9 Å². The maximum Gasteiger partial charge on any atom is 0.0162 e. The Morgan fingerprint density at radius 1 is 1.25 bits per heavy atom. The maximum absolute atomic E-state index is 6.67. The molecule has 1 saturated carbocycles. The zero-order valence-electron chi connectivity index (χ0n) is 13.7. The molecule has 3 aliphatic rings. The lowest BCUT2D eigenvalue weighted by Gasteiger charge is -2.57. The van der Waals surface area contributed by atoms with E-state index in [1.165, 1.54) is 38.5 Å². The van der Waals surface area contributed by atoms with Gasteiger partial charge in [-0.05, 0) is 67.8 Å². The fourth-order valence-corrected chi connectivity index (χ4v) is 5.39. The molecule has 0 radical (unpaired) electrons. The summed E-state index contributed by atoms with van der Waals surface area (Å²) in [6.07, 6.45) is 12.8. The molecule has 2 N–H and O–H groups in total. The second kappa shape index (κ2) is 4.73. The van der Waals surface area contributed by atoms with Crippen molar-refractivity contribution in [1.82, 2.24) is 0 Å². The van der Waals surface area contributed by atoms with Crippen LogP contribution in [0.4, 0.5) is 0 Å². The van der Waals surface area contributed by atoms with Crippen molar-refractivity contribution in [3.05, 3.63) is 23.3 Å². The van der Waals surface area contributed by atoms with Gasteiger partial charge in [0, 0.05) is 5.54 Å². The normalized spacial score (nSPS) is 44.5. The molecule has 1 nitrogen and oxygen atoms in total. The van der Waals surface area contributed by atoms with E-state index in [2.05, 4.69) is 39.8 Å². The van der Waals surface area contributed by atoms with E-state index in [-0.39, 0.29) is 5.54 Å². The molecule has 3 aliphatic carbocycles. The largest absolute Gasteiger partial charge is 0.325 e. The number of allylic oxidation sites excluding steroid dienone is 4. The zero-order valence-corrected chi connectivity index (χ0v) is 13.7. The highest BCUT2D eigenvalue weighted by molar-refractivity contribution is 5.35. The van der Waals surface area contributed by atoms with E-state index in [4.69, 9.17) is 5.73 Å². The van der Waals surface area contributed by atoms with Crippen molar-refractivity contribution in [1.29, 1.82) is 0 Å². The molecule has 4 unspecified atom stereocenters. The van der Waals surface area contributed by atoms with E-state index in [0.717, 1.165) is 5.92 Å². The van der Waals surface area contributed by atoms with Crippen LogP contribution in [0.15, 0.2) is 23.3 Å². The van der Waals surface area contributed by atoms with Crippen LogP contribution in [0.3, 0.4) is 0 Å². The number of nitrogens with two attached hydrogens (primary N) is 1. The zero-order chi connectivity index (χ0) is 14.5. The van der Waals surface area contributed by atoms with Gasteiger partial charge in [-0.25, -0.2) is 0 Å². The summed E-state index contributed by atoms with van der Waals surface area (Å²) in [6, 6.07) is 0. The second-order valence-corrected chi connectivity index (χ2v) is 8.32. The summed E-state index contributed by atoms with van der Waals surface area (Å²) < 4.78 is 0. The van der Waals surface area contributed by atoms with Gasteiger partial charge in [-0.1, -0.05) is 44.9 Å². The van der Waals surface area contributed by atoms with Gasteiger partial charge in [0.15, 0.2) is 0 Å². The van der Waals surface area contributed by atoms with Crippen molar-refractivity contribution >= 4 is 0 Å². The quantitative estimate of drug-likeness (QED) is 0.727. The molecule has 1 heteroatoms. The monoisotopic (exact) mass is 273 g/mol. The molecule has 0 heterocycles. The molecular weight excluding hydrogens is 242 g/mol. The van der Waals surface area contributed by atoms with E-state index >= 15 is 0 Å². The van der Waals surface area contributed by atoms with Crippen LogP contribution in [0.1, 0.15) is 66.2 Å². The highest BCUT2D eigenvalue weighted by Gasteiger charge is 2.52. The second-order valence-electron chi connectivity index (χ2n) is 8.32. The number of hydrogen-bond donors (Lipinski definition) is 1. The molecule has 1 fully saturated rings. The van der Waals surface area contributed by atoms with E-state index in [0.29, 0.717) is 17.3 Å². The van der Waals surface area contributed by atoms with Gasteiger partial charge < -0.3 is 5.73 Å². The third-order valence-electron chi connectivity index (χ3n) is 6.63. The van der Waals surface area contributed by atoms with E-state index in [1.807, 2.05) is 0 Å². The molecule has 20 heavy (non-hydrogen) atoms. The predicted molar refractivity (Wildman–Crippen MR) is 86.4 cm³/mol. The SMILES string of the molecule is CC(C)C1=CC2=CCC3C(C)(N)CCCC3(C)C2CC1.